The fourth-order valence-electron chi connectivity index (χ4n) is 0.136. The van der Waals surface area contributed by atoms with Crippen molar-refractivity contribution in [2.24, 2.45) is 0 Å². The van der Waals surface area contributed by atoms with Gasteiger partial charge in [0, 0.05) is 22.9 Å². The predicted molar refractivity (Wildman–Crippen MR) is 36.6 cm³/mol. The van der Waals surface area contributed by atoms with Crippen molar-refractivity contribution in [1.82, 2.24) is 3.69 Å². The molecule has 3 heteroatoms. The van der Waals surface area contributed by atoms with Gasteiger partial charge in [0.15, 0.2) is 0 Å². The lowest BCUT2D eigenvalue weighted by Crippen LogP contribution is -1.98. The summed E-state index contributed by atoms with van der Waals surface area (Å²) in [7, 11) is 0. The van der Waals surface area contributed by atoms with Gasteiger partial charge < -0.3 is 0 Å². The van der Waals surface area contributed by atoms with Crippen LogP contribution in [0.4, 0.5) is 0 Å². The second-order valence-electron chi connectivity index (χ2n) is 0.793. The van der Waals surface area contributed by atoms with E-state index in [1.54, 1.807) is 6.92 Å². The maximum atomic E-state index is 4.64. The third-order valence-electron chi connectivity index (χ3n) is 0.376. The summed E-state index contributed by atoms with van der Waals surface area (Å²) in [6.45, 7) is 2.23. The molecule has 0 aliphatic rings. The number of nitrogens with one attached hydrogen (secondary N) is 1. The average Bonchev–Trinajstić information content (AvgIpc) is 1.69. The van der Waals surface area contributed by atoms with Crippen molar-refractivity contribution in [3.8, 4) is 11.8 Å². The molecule has 1 N–H and O–H groups in total. The van der Waals surface area contributed by atoms with E-state index in [1.807, 2.05) is 22.9 Å². The van der Waals surface area contributed by atoms with Crippen LogP contribution in [0, 0.1) is 11.8 Å². The highest BCUT2D eigenvalue weighted by Gasteiger charge is 1.69. The van der Waals surface area contributed by atoms with Crippen molar-refractivity contribution in [1.29, 1.82) is 0 Å². The van der Waals surface area contributed by atoms with Crippen LogP contribution in [0.1, 0.15) is 6.92 Å². The molecule has 2 nitrogen and oxygen atoms in total. The molecule has 0 aromatic heterocycles. The van der Waals surface area contributed by atoms with Crippen molar-refractivity contribution in [3.63, 3.8) is 0 Å². The van der Waals surface area contributed by atoms with Gasteiger partial charge in [-0.2, -0.15) is 0 Å². The van der Waals surface area contributed by atoms with E-state index in [0.717, 1.165) is 0 Å². The predicted octanol–water partition coefficient (Wildman–Crippen LogP) is 0.881. The number of halogens is 1. The van der Waals surface area contributed by atoms with E-state index < -0.39 is 0 Å². The van der Waals surface area contributed by atoms with E-state index in [9.17, 15) is 0 Å². The van der Waals surface area contributed by atoms with E-state index in [4.69, 9.17) is 0 Å². The molecule has 0 saturated carbocycles. The van der Waals surface area contributed by atoms with Crippen LogP contribution in [0.25, 0.3) is 0 Å². The van der Waals surface area contributed by atoms with Crippen LogP contribution in [0.5, 0.6) is 0 Å². The largest absolute Gasteiger partial charge is 0.279 e. The Balaban J connectivity index is 2.78. The van der Waals surface area contributed by atoms with Crippen LogP contribution >= 0.6 is 22.9 Å². The topological polar surface area (TPSA) is 21.3 Å². The Labute approximate surface area is 57.1 Å². The Hall–Kier alpha value is 0.210. The van der Waals surface area contributed by atoms with Gasteiger partial charge in [0.25, 0.3) is 0 Å². The van der Waals surface area contributed by atoms with Gasteiger partial charge in [-0.3, -0.25) is 4.84 Å². The van der Waals surface area contributed by atoms with Crippen molar-refractivity contribution < 1.29 is 4.84 Å². The summed E-state index contributed by atoms with van der Waals surface area (Å²) in [6, 6.07) is 0. The zero-order valence-corrected chi connectivity index (χ0v) is 6.15. The lowest BCUT2D eigenvalue weighted by atomic mass is 10.6. The van der Waals surface area contributed by atoms with Gasteiger partial charge in [0.1, 0.15) is 6.61 Å². The quantitative estimate of drug-likeness (QED) is 0.240. The van der Waals surface area contributed by atoms with Crippen LogP contribution in [-0.4, -0.2) is 6.61 Å². The van der Waals surface area contributed by atoms with Crippen LogP contribution in [0.2, 0.25) is 0 Å². The lowest BCUT2D eigenvalue weighted by Gasteiger charge is -1.86. The summed E-state index contributed by atoms with van der Waals surface area (Å²) in [6.07, 6.45) is 0. The Morgan fingerprint density at radius 2 is 2.57 bits per heavy atom. The highest BCUT2D eigenvalue weighted by Crippen LogP contribution is 1.69. The molecular formula is C4H6INO. The number of rotatable bonds is 2. The zero-order valence-electron chi connectivity index (χ0n) is 3.99. The van der Waals surface area contributed by atoms with Gasteiger partial charge in [-0.1, -0.05) is 5.92 Å². The summed E-state index contributed by atoms with van der Waals surface area (Å²) < 4.78 is 2.47. The molecule has 0 spiro atoms. The number of hydrogen-bond acceptors (Lipinski definition) is 2. The van der Waals surface area contributed by atoms with E-state index >= 15 is 0 Å². The summed E-state index contributed by atoms with van der Waals surface area (Å²) in [5, 5.41) is 0. The Kier molecular flexibility index (Phi) is 6.40. The molecule has 0 unspecified atom stereocenters. The summed E-state index contributed by atoms with van der Waals surface area (Å²) >= 11 is 1.89. The Morgan fingerprint density at radius 3 is 3.00 bits per heavy atom. The fraction of sp³-hybridized carbons (Fsp3) is 0.500. The smallest absolute Gasteiger partial charge is 0.130 e. The van der Waals surface area contributed by atoms with Crippen LogP contribution in [0.3, 0.4) is 0 Å². The molecule has 40 valence electrons. The van der Waals surface area contributed by atoms with Crippen molar-refractivity contribution in [3.05, 3.63) is 0 Å². The van der Waals surface area contributed by atoms with Crippen molar-refractivity contribution >= 4 is 22.9 Å². The molecule has 0 aliphatic carbocycles. The summed E-state index contributed by atoms with van der Waals surface area (Å²) in [4.78, 5) is 4.64. The van der Waals surface area contributed by atoms with E-state index in [1.165, 1.54) is 0 Å². The maximum Gasteiger partial charge on any atom is 0.130 e. The highest BCUT2D eigenvalue weighted by atomic mass is 127. The SMILES string of the molecule is CC#CCONI. The molecule has 0 saturated heterocycles. The van der Waals surface area contributed by atoms with Gasteiger partial charge in [0.05, 0.1) is 0 Å². The minimum Gasteiger partial charge on any atom is -0.279 e. The van der Waals surface area contributed by atoms with Crippen LogP contribution in [0.15, 0.2) is 0 Å². The van der Waals surface area contributed by atoms with Gasteiger partial charge in [-0.15, -0.1) is 9.61 Å². The second kappa shape index (κ2) is 6.21. The van der Waals surface area contributed by atoms with Crippen LogP contribution in [-0.2, 0) is 4.84 Å². The molecule has 0 aromatic carbocycles. The lowest BCUT2D eigenvalue weighted by molar-refractivity contribution is 0.146. The molecule has 0 heterocycles. The maximum absolute atomic E-state index is 4.64. The van der Waals surface area contributed by atoms with E-state index in [-0.39, 0.29) is 0 Å². The summed E-state index contributed by atoms with van der Waals surface area (Å²) in [5.74, 6) is 5.39. The number of hydrogen-bond donors (Lipinski definition) is 1. The van der Waals surface area contributed by atoms with E-state index in [0.29, 0.717) is 6.61 Å². The standard InChI is InChI=1S/C4H6INO/c1-2-3-4-7-6-5/h6H,4H2,1H3. The first-order valence-electron chi connectivity index (χ1n) is 1.79. The average molecular weight is 211 g/mol. The fourth-order valence-corrected chi connectivity index (χ4v) is 0.291. The first-order valence-corrected chi connectivity index (χ1v) is 2.86. The minimum atomic E-state index is 0.458. The summed E-state index contributed by atoms with van der Waals surface area (Å²) in [5.41, 5.74) is 0. The first-order chi connectivity index (χ1) is 3.41. The van der Waals surface area contributed by atoms with E-state index in [2.05, 4.69) is 20.4 Å². The van der Waals surface area contributed by atoms with Crippen molar-refractivity contribution in [2.75, 3.05) is 6.61 Å². The molecule has 0 fully saturated rings. The molecule has 0 aliphatic heterocycles. The minimum absolute atomic E-state index is 0.458. The van der Waals surface area contributed by atoms with Gasteiger partial charge >= 0.3 is 0 Å². The normalized spacial score (nSPS) is 7.14. The van der Waals surface area contributed by atoms with Gasteiger partial charge in [0.2, 0.25) is 0 Å². The molecule has 0 atom stereocenters. The molecule has 7 heavy (non-hydrogen) atoms. The van der Waals surface area contributed by atoms with Crippen LogP contribution < -0.4 is 3.69 Å². The first kappa shape index (κ1) is 7.21. The van der Waals surface area contributed by atoms with Gasteiger partial charge in [-0.25, -0.2) is 0 Å². The third kappa shape index (κ3) is 6.21. The Morgan fingerprint density at radius 1 is 1.86 bits per heavy atom. The molecule has 0 rings (SSSR count). The zero-order chi connectivity index (χ0) is 5.54. The molecule has 0 bridgehead atoms. The third-order valence-corrected chi connectivity index (χ3v) is 0.687. The molecular weight excluding hydrogens is 205 g/mol. The highest BCUT2D eigenvalue weighted by molar-refractivity contribution is 14.1. The monoisotopic (exact) mass is 211 g/mol. The molecule has 0 radical (unpaired) electrons. The molecule has 0 aromatic rings. The second-order valence-corrected chi connectivity index (χ2v) is 1.23. The molecule has 0 amide bonds. The Bertz CT molecular complexity index is 83.4. The van der Waals surface area contributed by atoms with Crippen molar-refractivity contribution in [2.45, 2.75) is 6.92 Å². The van der Waals surface area contributed by atoms with Gasteiger partial charge in [-0.05, 0) is 6.92 Å².